The molecule has 2 aromatic heterocycles. The Morgan fingerprint density at radius 1 is 1.16 bits per heavy atom. The normalized spacial score (nSPS) is 23.1. The highest BCUT2D eigenvalue weighted by molar-refractivity contribution is 5.81. The number of aliphatic hydroxyl groups excluding tert-OH is 3. The molecule has 0 amide bonds. The number of carbonyl (C=O) groups is 1. The minimum Gasteiger partial charge on any atom is -0.493 e. The zero-order valence-electron chi connectivity index (χ0n) is 21.6. The van der Waals surface area contributed by atoms with E-state index in [9.17, 15) is 20.1 Å². The van der Waals surface area contributed by atoms with Gasteiger partial charge < -0.3 is 35.3 Å². The average molecular weight is 530 g/mol. The van der Waals surface area contributed by atoms with Crippen LogP contribution < -0.4 is 15.2 Å². The number of anilines is 1. The van der Waals surface area contributed by atoms with E-state index in [0.717, 1.165) is 32.1 Å². The lowest BCUT2D eigenvalue weighted by molar-refractivity contribution is -0.145. The summed E-state index contributed by atoms with van der Waals surface area (Å²) in [5.41, 5.74) is 5.58. The monoisotopic (exact) mass is 529 g/mol. The molecule has 12 heteroatoms. The van der Waals surface area contributed by atoms with Crippen molar-refractivity contribution < 1.29 is 34.3 Å². The number of imidazole rings is 1. The third kappa shape index (κ3) is 5.44. The van der Waals surface area contributed by atoms with Gasteiger partial charge in [0.1, 0.15) is 30.2 Å². The minimum absolute atomic E-state index is 0.0269. The molecule has 3 heterocycles. The lowest BCUT2D eigenvalue weighted by Crippen LogP contribution is -2.47. The van der Waals surface area contributed by atoms with Gasteiger partial charge in [-0.15, -0.1) is 0 Å². The van der Waals surface area contributed by atoms with Gasteiger partial charge >= 0.3 is 5.97 Å². The summed E-state index contributed by atoms with van der Waals surface area (Å²) in [5.74, 6) is 0.410. The molecule has 206 valence electrons. The van der Waals surface area contributed by atoms with Gasteiger partial charge in [0, 0.05) is 12.8 Å². The molecule has 4 atom stereocenters. The first kappa shape index (κ1) is 27.7. The molecule has 3 aromatic rings. The predicted molar refractivity (Wildman–Crippen MR) is 137 cm³/mol. The number of hydrogen-bond acceptors (Lipinski definition) is 11. The fraction of sp³-hybridized carbons (Fsp3) is 0.538. The van der Waals surface area contributed by atoms with E-state index >= 15 is 0 Å². The van der Waals surface area contributed by atoms with Crippen LogP contribution >= 0.6 is 0 Å². The van der Waals surface area contributed by atoms with E-state index in [1.807, 2.05) is 0 Å². The van der Waals surface area contributed by atoms with E-state index in [2.05, 4.69) is 21.9 Å². The molecule has 5 N–H and O–H groups in total. The van der Waals surface area contributed by atoms with Gasteiger partial charge in [-0.1, -0.05) is 38.7 Å². The molecule has 1 aliphatic heterocycles. The maximum Gasteiger partial charge on any atom is 0.311 e. The number of nitrogens with zero attached hydrogens (tertiary/aromatic N) is 4. The molecule has 12 nitrogen and oxygen atoms in total. The van der Waals surface area contributed by atoms with Gasteiger partial charge in [-0.3, -0.25) is 9.36 Å². The maximum atomic E-state index is 12.4. The summed E-state index contributed by atoms with van der Waals surface area (Å²) in [6.07, 6.45) is 4.24. The number of rotatable bonds is 12. The van der Waals surface area contributed by atoms with Gasteiger partial charge in [-0.2, -0.15) is 0 Å². The molecule has 0 bridgehead atoms. The van der Waals surface area contributed by atoms with Gasteiger partial charge in [-0.05, 0) is 24.1 Å². The number of carbonyl (C=O) groups excluding carboxylic acids is 1. The summed E-state index contributed by atoms with van der Waals surface area (Å²) in [4.78, 5) is 24.8. The standard InChI is InChI=1S/C26H35N5O7/c1-3-4-5-6-7-8-20(33)37-17-10-9-16(11-18(17)36-2)12-26(23(35)22(34)19(13-32)38-26)31-15-30-21-24(27)28-14-29-25(21)31/h9-11,14-15,19,22-23,32,34-35H,3-8,12-13H2,1-2H3,(H2,27,28,29)/t19-,22-,23-,26-/m1/s1. The number of nitrogen functional groups attached to an aromatic ring is 1. The fourth-order valence-electron chi connectivity index (χ4n) is 4.82. The van der Waals surface area contributed by atoms with Crippen molar-refractivity contribution in [1.29, 1.82) is 0 Å². The van der Waals surface area contributed by atoms with Crippen LogP contribution in [0.2, 0.25) is 0 Å². The smallest absolute Gasteiger partial charge is 0.311 e. The molecular weight excluding hydrogens is 494 g/mol. The molecule has 0 spiro atoms. The van der Waals surface area contributed by atoms with Crippen LogP contribution in [0.4, 0.5) is 5.82 Å². The highest BCUT2D eigenvalue weighted by Crippen LogP contribution is 2.41. The Morgan fingerprint density at radius 2 is 1.95 bits per heavy atom. The summed E-state index contributed by atoms with van der Waals surface area (Å²) in [6.45, 7) is 1.63. The fourth-order valence-corrected chi connectivity index (χ4v) is 4.82. The zero-order valence-corrected chi connectivity index (χ0v) is 21.6. The van der Waals surface area contributed by atoms with Gasteiger partial charge in [0.05, 0.1) is 20.0 Å². The summed E-state index contributed by atoms with van der Waals surface area (Å²) < 4.78 is 18.6. The Labute approximate surface area is 220 Å². The van der Waals surface area contributed by atoms with Crippen molar-refractivity contribution in [3.63, 3.8) is 0 Å². The Hall–Kier alpha value is -3.32. The second-order valence-corrected chi connectivity index (χ2v) is 9.47. The topological polar surface area (TPSA) is 175 Å². The number of hydrogen-bond donors (Lipinski definition) is 4. The van der Waals surface area contributed by atoms with E-state index in [0.29, 0.717) is 28.9 Å². The number of nitrogens with two attached hydrogens (primary N) is 1. The van der Waals surface area contributed by atoms with Gasteiger partial charge in [0.15, 0.2) is 28.7 Å². The highest BCUT2D eigenvalue weighted by Gasteiger charge is 2.56. The number of esters is 1. The quantitative estimate of drug-likeness (QED) is 0.153. The lowest BCUT2D eigenvalue weighted by atomic mass is 9.94. The van der Waals surface area contributed by atoms with Crippen LogP contribution in [0.5, 0.6) is 11.5 Å². The minimum atomic E-state index is -1.59. The number of unbranched alkanes of at least 4 members (excludes halogenated alkanes) is 4. The zero-order chi connectivity index (χ0) is 27.3. The van der Waals surface area contributed by atoms with E-state index in [4.69, 9.17) is 19.9 Å². The summed E-state index contributed by atoms with van der Waals surface area (Å²) in [5, 5.41) is 31.6. The van der Waals surface area contributed by atoms with Crippen LogP contribution in [0.3, 0.4) is 0 Å². The SMILES string of the molecule is CCCCCCCC(=O)Oc1ccc(C[C@@]2(n3cnc4c(N)ncnc43)O[C@H](CO)[C@@H](O)[C@H]2O)cc1OC. The van der Waals surface area contributed by atoms with Crippen molar-refractivity contribution in [2.24, 2.45) is 0 Å². The van der Waals surface area contributed by atoms with Crippen molar-refractivity contribution in [2.75, 3.05) is 19.5 Å². The second-order valence-electron chi connectivity index (χ2n) is 9.47. The summed E-state index contributed by atoms with van der Waals surface area (Å²) in [6, 6.07) is 5.00. The molecule has 1 fully saturated rings. The van der Waals surface area contributed by atoms with Crippen LogP contribution in [0.1, 0.15) is 51.0 Å². The summed E-state index contributed by atoms with van der Waals surface area (Å²) >= 11 is 0. The van der Waals surface area contributed by atoms with Crippen molar-refractivity contribution in [1.82, 2.24) is 19.5 Å². The number of aliphatic hydroxyl groups is 3. The Balaban J connectivity index is 1.61. The first-order valence-electron chi connectivity index (χ1n) is 12.8. The molecule has 38 heavy (non-hydrogen) atoms. The first-order valence-corrected chi connectivity index (χ1v) is 12.8. The Bertz CT molecular complexity index is 1250. The molecular formula is C26H35N5O7. The van der Waals surface area contributed by atoms with E-state index in [-0.39, 0.29) is 24.0 Å². The van der Waals surface area contributed by atoms with Crippen molar-refractivity contribution in [2.45, 2.75) is 75.9 Å². The van der Waals surface area contributed by atoms with Gasteiger partial charge in [0.2, 0.25) is 0 Å². The second kappa shape index (κ2) is 12.0. The van der Waals surface area contributed by atoms with Crippen LogP contribution in [-0.4, -0.2) is 72.8 Å². The average Bonchev–Trinajstić information content (AvgIpc) is 3.46. The van der Waals surface area contributed by atoms with Gasteiger partial charge in [-0.25, -0.2) is 15.0 Å². The highest BCUT2D eigenvalue weighted by atomic mass is 16.6. The maximum absolute atomic E-state index is 12.4. The molecule has 1 saturated heterocycles. The molecule has 0 aliphatic carbocycles. The van der Waals surface area contributed by atoms with E-state index in [1.165, 1.54) is 24.3 Å². The van der Waals surface area contributed by atoms with Crippen molar-refractivity contribution in [3.8, 4) is 11.5 Å². The van der Waals surface area contributed by atoms with Crippen LogP contribution in [0.15, 0.2) is 30.9 Å². The number of methoxy groups -OCH3 is 1. The largest absolute Gasteiger partial charge is 0.493 e. The molecule has 1 aliphatic rings. The van der Waals surface area contributed by atoms with Crippen LogP contribution in [0.25, 0.3) is 11.2 Å². The Morgan fingerprint density at radius 3 is 2.66 bits per heavy atom. The van der Waals surface area contributed by atoms with E-state index in [1.54, 1.807) is 18.2 Å². The number of aromatic nitrogens is 4. The third-order valence-electron chi connectivity index (χ3n) is 6.87. The first-order chi connectivity index (χ1) is 18.3. The van der Waals surface area contributed by atoms with Crippen molar-refractivity contribution >= 4 is 23.0 Å². The predicted octanol–water partition coefficient (Wildman–Crippen LogP) is 1.69. The van der Waals surface area contributed by atoms with Crippen LogP contribution in [-0.2, 0) is 21.7 Å². The lowest BCUT2D eigenvalue weighted by Gasteiger charge is -2.34. The number of ether oxygens (including phenoxy) is 3. The molecule has 1 aromatic carbocycles. The number of fused-ring (bicyclic) bond motifs is 1. The summed E-state index contributed by atoms with van der Waals surface area (Å²) in [7, 11) is 1.46. The third-order valence-corrected chi connectivity index (χ3v) is 6.87. The molecule has 0 radical (unpaired) electrons. The van der Waals surface area contributed by atoms with Crippen molar-refractivity contribution in [3.05, 3.63) is 36.4 Å². The molecule has 0 saturated carbocycles. The molecule has 0 unspecified atom stereocenters. The number of benzene rings is 1. The van der Waals surface area contributed by atoms with Crippen LogP contribution in [0, 0.1) is 0 Å². The molecule has 4 rings (SSSR count). The Kier molecular flexibility index (Phi) is 8.77. The van der Waals surface area contributed by atoms with E-state index < -0.39 is 30.6 Å². The van der Waals surface area contributed by atoms with Gasteiger partial charge in [0.25, 0.3) is 0 Å².